The summed E-state index contributed by atoms with van der Waals surface area (Å²) in [4.78, 5) is 14.4. The van der Waals surface area contributed by atoms with E-state index in [1.165, 1.54) is 12.1 Å². The molecule has 2 aliphatic rings. The molecule has 3 aromatic rings. The average molecular weight is 387 g/mol. The maximum Gasteiger partial charge on any atom is 0.232 e. The van der Waals surface area contributed by atoms with E-state index in [0.717, 1.165) is 22.1 Å². The van der Waals surface area contributed by atoms with Gasteiger partial charge in [0.25, 0.3) is 0 Å². The number of anilines is 1. The van der Waals surface area contributed by atoms with Gasteiger partial charge in [-0.2, -0.15) is 4.39 Å². The molecular formula is C19H16F3N5O. The molecule has 6 nitrogen and oxygen atoms in total. The van der Waals surface area contributed by atoms with Crippen LogP contribution in [0.4, 0.5) is 18.9 Å². The van der Waals surface area contributed by atoms with E-state index in [4.69, 9.17) is 0 Å². The van der Waals surface area contributed by atoms with Gasteiger partial charge in [-0.05, 0) is 29.8 Å². The van der Waals surface area contributed by atoms with E-state index in [1.54, 1.807) is 6.07 Å². The standard InChI is InChI=1S/C19H16F3N5O/c20-11-1-2-12-14(7-11)23-19(28)17(12)10-8-26(9-10)6-5-16-24-25-18-13(21)3-4-15(22)27(16)18/h1-4,7,10,17H,5-6,8-9H2,(H,23,28). The number of halogens is 3. The zero-order valence-corrected chi connectivity index (χ0v) is 14.7. The highest BCUT2D eigenvalue weighted by molar-refractivity contribution is 6.03. The number of likely N-dealkylation sites (tertiary alicyclic amines) is 1. The molecule has 9 heteroatoms. The molecule has 1 N–H and O–H groups in total. The maximum atomic E-state index is 14.0. The van der Waals surface area contributed by atoms with Crippen LogP contribution in [0.1, 0.15) is 17.3 Å². The molecule has 5 rings (SSSR count). The van der Waals surface area contributed by atoms with Gasteiger partial charge in [0.2, 0.25) is 11.9 Å². The number of fused-ring (bicyclic) bond motifs is 2. The molecular weight excluding hydrogens is 371 g/mol. The van der Waals surface area contributed by atoms with E-state index in [2.05, 4.69) is 20.4 Å². The summed E-state index contributed by atoms with van der Waals surface area (Å²) in [6.07, 6.45) is 0.410. The Morgan fingerprint density at radius 1 is 1.11 bits per heavy atom. The Morgan fingerprint density at radius 3 is 2.75 bits per heavy atom. The largest absolute Gasteiger partial charge is 0.325 e. The van der Waals surface area contributed by atoms with Crippen molar-refractivity contribution in [2.24, 2.45) is 5.92 Å². The van der Waals surface area contributed by atoms with Crippen LogP contribution in [0, 0.1) is 23.5 Å². The van der Waals surface area contributed by atoms with Gasteiger partial charge < -0.3 is 10.2 Å². The molecule has 2 aliphatic heterocycles. The lowest BCUT2D eigenvalue weighted by Gasteiger charge is -2.41. The van der Waals surface area contributed by atoms with E-state index in [9.17, 15) is 18.0 Å². The van der Waals surface area contributed by atoms with E-state index in [1.807, 2.05) is 0 Å². The number of benzene rings is 1. The number of nitrogens with zero attached hydrogens (tertiary/aromatic N) is 4. The number of hydrogen-bond donors (Lipinski definition) is 1. The number of carbonyl (C=O) groups is 1. The third-order valence-corrected chi connectivity index (χ3v) is 5.52. The monoisotopic (exact) mass is 387 g/mol. The molecule has 1 amide bonds. The zero-order chi connectivity index (χ0) is 19.4. The average Bonchev–Trinajstić information content (AvgIpc) is 3.19. The molecule has 1 unspecified atom stereocenters. The van der Waals surface area contributed by atoms with Crippen molar-refractivity contribution < 1.29 is 18.0 Å². The van der Waals surface area contributed by atoms with Gasteiger partial charge in [-0.3, -0.25) is 9.20 Å². The van der Waals surface area contributed by atoms with E-state index < -0.39 is 11.8 Å². The number of nitrogens with one attached hydrogen (secondary N) is 1. The van der Waals surface area contributed by atoms with Crippen LogP contribution in [-0.2, 0) is 11.2 Å². The van der Waals surface area contributed by atoms with E-state index in [-0.39, 0.29) is 29.2 Å². The fourth-order valence-corrected chi connectivity index (χ4v) is 4.14. The Balaban J connectivity index is 1.25. The normalized spacial score (nSPS) is 19.7. The van der Waals surface area contributed by atoms with Crippen LogP contribution in [0.5, 0.6) is 0 Å². The van der Waals surface area contributed by atoms with Gasteiger partial charge >= 0.3 is 0 Å². The molecule has 0 spiro atoms. The van der Waals surface area contributed by atoms with Crippen molar-refractivity contribution in [2.45, 2.75) is 12.3 Å². The Morgan fingerprint density at radius 2 is 1.93 bits per heavy atom. The van der Waals surface area contributed by atoms with Crippen LogP contribution < -0.4 is 5.32 Å². The number of aromatic nitrogens is 3. The van der Waals surface area contributed by atoms with Crippen molar-refractivity contribution in [2.75, 3.05) is 25.0 Å². The second-order valence-electron chi connectivity index (χ2n) is 7.25. The predicted molar refractivity (Wildman–Crippen MR) is 94.3 cm³/mol. The molecule has 1 aromatic carbocycles. The highest BCUT2D eigenvalue weighted by Gasteiger charge is 2.42. The first-order valence-electron chi connectivity index (χ1n) is 9.02. The summed E-state index contributed by atoms with van der Waals surface area (Å²) in [5, 5.41) is 10.4. The van der Waals surface area contributed by atoms with Crippen molar-refractivity contribution in [3.63, 3.8) is 0 Å². The molecule has 4 heterocycles. The second-order valence-corrected chi connectivity index (χ2v) is 7.25. The van der Waals surface area contributed by atoms with E-state index in [0.29, 0.717) is 37.6 Å². The van der Waals surface area contributed by atoms with Gasteiger partial charge in [-0.1, -0.05) is 6.07 Å². The molecule has 0 radical (unpaired) electrons. The smallest absolute Gasteiger partial charge is 0.232 e. The number of hydrogen-bond acceptors (Lipinski definition) is 4. The van der Waals surface area contributed by atoms with Crippen molar-refractivity contribution in [3.8, 4) is 0 Å². The van der Waals surface area contributed by atoms with Gasteiger partial charge in [0.1, 0.15) is 11.6 Å². The summed E-state index contributed by atoms with van der Waals surface area (Å²) in [6, 6.07) is 6.45. The van der Waals surface area contributed by atoms with E-state index >= 15 is 0 Å². The first kappa shape index (κ1) is 17.2. The minimum Gasteiger partial charge on any atom is -0.325 e. The summed E-state index contributed by atoms with van der Waals surface area (Å²) in [7, 11) is 0. The van der Waals surface area contributed by atoms with Crippen molar-refractivity contribution in [1.82, 2.24) is 19.5 Å². The first-order chi connectivity index (χ1) is 13.5. The molecule has 1 saturated heterocycles. The molecule has 2 aromatic heterocycles. The maximum absolute atomic E-state index is 14.0. The van der Waals surface area contributed by atoms with Gasteiger partial charge in [0.15, 0.2) is 11.5 Å². The highest BCUT2D eigenvalue weighted by atomic mass is 19.1. The minimum absolute atomic E-state index is 0.105. The SMILES string of the molecule is O=C1Nc2cc(F)ccc2C1C1CN(CCc2nnc3c(F)ccc(F)n23)C1. The lowest BCUT2D eigenvalue weighted by atomic mass is 9.81. The number of amides is 1. The molecule has 1 atom stereocenters. The zero-order valence-electron chi connectivity index (χ0n) is 14.7. The van der Waals surface area contributed by atoms with Crippen LogP contribution in [-0.4, -0.2) is 45.0 Å². The fraction of sp³-hybridized carbons (Fsp3) is 0.316. The summed E-state index contributed by atoms with van der Waals surface area (Å²) in [6.45, 7) is 1.99. The Labute approximate surface area is 158 Å². The Hall–Kier alpha value is -2.94. The summed E-state index contributed by atoms with van der Waals surface area (Å²) in [5.41, 5.74) is 1.25. The van der Waals surface area contributed by atoms with Crippen molar-refractivity contribution in [3.05, 3.63) is 59.3 Å². The number of pyridine rings is 1. The van der Waals surface area contributed by atoms with Gasteiger partial charge in [-0.25, -0.2) is 8.78 Å². The van der Waals surface area contributed by atoms with Crippen LogP contribution in [0.3, 0.4) is 0 Å². The number of rotatable bonds is 4. The summed E-state index contributed by atoms with van der Waals surface area (Å²) < 4.78 is 42.1. The molecule has 0 aliphatic carbocycles. The predicted octanol–water partition coefficient (Wildman–Crippen LogP) is 2.36. The lowest BCUT2D eigenvalue weighted by Crippen LogP contribution is -2.51. The van der Waals surface area contributed by atoms with Crippen molar-refractivity contribution >= 4 is 17.2 Å². The highest BCUT2D eigenvalue weighted by Crippen LogP contribution is 2.41. The third-order valence-electron chi connectivity index (χ3n) is 5.52. The van der Waals surface area contributed by atoms with Crippen LogP contribution in [0.25, 0.3) is 5.65 Å². The molecule has 144 valence electrons. The fourth-order valence-electron chi connectivity index (χ4n) is 4.14. The minimum atomic E-state index is -0.619. The quantitative estimate of drug-likeness (QED) is 0.699. The van der Waals surface area contributed by atoms with Crippen LogP contribution >= 0.6 is 0 Å². The molecule has 0 bridgehead atoms. The summed E-state index contributed by atoms with van der Waals surface area (Å²) in [5.74, 6) is -1.50. The summed E-state index contributed by atoms with van der Waals surface area (Å²) >= 11 is 0. The van der Waals surface area contributed by atoms with Crippen LogP contribution in [0.15, 0.2) is 30.3 Å². The molecule has 0 saturated carbocycles. The van der Waals surface area contributed by atoms with Gasteiger partial charge in [0, 0.05) is 37.7 Å². The lowest BCUT2D eigenvalue weighted by molar-refractivity contribution is -0.119. The van der Waals surface area contributed by atoms with Crippen LogP contribution in [0.2, 0.25) is 0 Å². The topological polar surface area (TPSA) is 62.5 Å². The van der Waals surface area contributed by atoms with Crippen molar-refractivity contribution in [1.29, 1.82) is 0 Å². The number of carbonyl (C=O) groups excluding carboxylic acids is 1. The van der Waals surface area contributed by atoms with Gasteiger partial charge in [0.05, 0.1) is 5.92 Å². The first-order valence-corrected chi connectivity index (χ1v) is 9.02. The molecule has 1 fully saturated rings. The molecule has 28 heavy (non-hydrogen) atoms. The third kappa shape index (κ3) is 2.65. The Kier molecular flexibility index (Phi) is 3.87. The second kappa shape index (κ2) is 6.30. The van der Waals surface area contributed by atoms with Gasteiger partial charge in [-0.15, -0.1) is 10.2 Å². The Bertz CT molecular complexity index is 1090.